The number of methoxy groups -OCH3 is 1. The lowest BCUT2D eigenvalue weighted by atomic mass is 9.64. The lowest BCUT2D eigenvalue weighted by Crippen LogP contribution is -2.42. The average Bonchev–Trinajstić information content (AvgIpc) is 3.14. The summed E-state index contributed by atoms with van der Waals surface area (Å²) in [6.45, 7) is 1.93. The summed E-state index contributed by atoms with van der Waals surface area (Å²) in [5, 5.41) is 0. The van der Waals surface area contributed by atoms with Crippen LogP contribution in [0.3, 0.4) is 0 Å². The molecule has 3 aliphatic rings. The number of rotatable bonds is 3. The summed E-state index contributed by atoms with van der Waals surface area (Å²) < 4.78 is 10.9. The van der Waals surface area contributed by atoms with Crippen molar-refractivity contribution in [2.24, 2.45) is 17.8 Å². The highest BCUT2D eigenvalue weighted by Crippen LogP contribution is 2.54. The molecule has 6 rings (SSSR count). The zero-order chi connectivity index (χ0) is 24.3. The van der Waals surface area contributed by atoms with Crippen molar-refractivity contribution in [3.8, 4) is 11.5 Å². The predicted octanol–water partition coefficient (Wildman–Crippen LogP) is 4.53. The van der Waals surface area contributed by atoms with Crippen molar-refractivity contribution in [3.63, 3.8) is 0 Å². The van der Waals surface area contributed by atoms with Gasteiger partial charge in [0.1, 0.15) is 11.5 Å². The van der Waals surface area contributed by atoms with Crippen LogP contribution in [-0.2, 0) is 14.4 Å². The topological polar surface area (TPSA) is 72.9 Å². The van der Waals surface area contributed by atoms with Gasteiger partial charge >= 0.3 is 5.97 Å². The number of hydrogen-bond donors (Lipinski definition) is 0. The molecule has 0 radical (unpaired) electrons. The summed E-state index contributed by atoms with van der Waals surface area (Å²) in [6.07, 6.45) is 2.00. The number of carbonyl (C=O) groups is 3. The summed E-state index contributed by atoms with van der Waals surface area (Å²) in [4.78, 5) is 42.3. The van der Waals surface area contributed by atoms with Crippen LogP contribution in [0.4, 0.5) is 5.69 Å². The summed E-state index contributed by atoms with van der Waals surface area (Å²) in [6, 6.07) is 22.2. The van der Waals surface area contributed by atoms with Crippen LogP contribution >= 0.6 is 0 Å². The second kappa shape index (κ2) is 7.94. The molecule has 0 bridgehead atoms. The van der Waals surface area contributed by atoms with Crippen LogP contribution in [0.1, 0.15) is 22.6 Å². The van der Waals surface area contributed by atoms with E-state index in [9.17, 15) is 14.4 Å². The van der Waals surface area contributed by atoms with Gasteiger partial charge in [-0.05, 0) is 54.0 Å². The minimum absolute atomic E-state index is 0.308. The van der Waals surface area contributed by atoms with Crippen LogP contribution in [0.25, 0.3) is 5.57 Å². The first-order valence-corrected chi connectivity index (χ1v) is 11.6. The molecule has 2 aliphatic heterocycles. The smallest absolute Gasteiger partial charge is 0.319 e. The highest BCUT2D eigenvalue weighted by Gasteiger charge is 2.60. The van der Waals surface area contributed by atoms with Crippen molar-refractivity contribution in [2.45, 2.75) is 12.8 Å². The van der Waals surface area contributed by atoms with Gasteiger partial charge in [0.2, 0.25) is 11.8 Å². The lowest BCUT2D eigenvalue weighted by Gasteiger charge is -2.38. The maximum Gasteiger partial charge on any atom is 0.319 e. The van der Waals surface area contributed by atoms with E-state index in [1.807, 2.05) is 61.5 Å². The third-order valence-electron chi connectivity index (χ3n) is 7.27. The number of imide groups is 1. The molecule has 3 aromatic carbocycles. The molecular formula is C29H23NO5. The number of allylic oxidation sites excluding steroid dienone is 1. The number of aryl methyl sites for hydroxylation is 1. The molecule has 3 aromatic rings. The molecule has 1 saturated heterocycles. The van der Waals surface area contributed by atoms with Crippen LogP contribution in [0.2, 0.25) is 0 Å². The van der Waals surface area contributed by atoms with E-state index in [0.717, 1.165) is 22.3 Å². The van der Waals surface area contributed by atoms with Crippen molar-refractivity contribution < 1.29 is 23.9 Å². The Balaban J connectivity index is 1.52. The molecule has 174 valence electrons. The van der Waals surface area contributed by atoms with E-state index in [4.69, 9.17) is 9.47 Å². The molecule has 0 saturated carbocycles. The number of fused-ring (bicyclic) bond motifs is 5. The molecule has 35 heavy (non-hydrogen) atoms. The predicted molar refractivity (Wildman–Crippen MR) is 130 cm³/mol. The van der Waals surface area contributed by atoms with Gasteiger partial charge in [0.05, 0.1) is 30.6 Å². The van der Waals surface area contributed by atoms with Crippen molar-refractivity contribution >= 4 is 29.0 Å². The monoisotopic (exact) mass is 465 g/mol. The second-order valence-corrected chi connectivity index (χ2v) is 9.22. The van der Waals surface area contributed by atoms with Crippen LogP contribution in [0.5, 0.6) is 11.5 Å². The lowest BCUT2D eigenvalue weighted by molar-refractivity contribution is -0.142. The van der Waals surface area contributed by atoms with Gasteiger partial charge in [-0.2, -0.15) is 0 Å². The Morgan fingerprint density at radius 2 is 1.57 bits per heavy atom. The Kier molecular flexibility index (Phi) is 4.85. The van der Waals surface area contributed by atoms with E-state index in [-0.39, 0.29) is 17.7 Å². The molecule has 2 heterocycles. The van der Waals surface area contributed by atoms with E-state index in [1.165, 1.54) is 4.90 Å². The SMILES string of the molecule is COc1ccc(N2C(=O)[C@@H]3[C@@H]4C(=O)Oc5cc(C)ccc5C4=C[C@H](c4ccccc4)[C@@H]3C2=O)cc1. The molecule has 6 nitrogen and oxygen atoms in total. The number of esters is 1. The van der Waals surface area contributed by atoms with E-state index in [1.54, 1.807) is 31.4 Å². The number of nitrogens with zero attached hydrogens (tertiary/aromatic N) is 1. The molecule has 0 spiro atoms. The second-order valence-electron chi connectivity index (χ2n) is 9.22. The van der Waals surface area contributed by atoms with Gasteiger partial charge in [0, 0.05) is 11.5 Å². The largest absolute Gasteiger partial charge is 0.497 e. The Labute approximate surface area is 202 Å². The van der Waals surface area contributed by atoms with Gasteiger partial charge in [-0.1, -0.05) is 48.5 Å². The van der Waals surface area contributed by atoms with Crippen molar-refractivity contribution in [1.82, 2.24) is 0 Å². The van der Waals surface area contributed by atoms with Crippen molar-refractivity contribution in [2.75, 3.05) is 12.0 Å². The fourth-order valence-corrected chi connectivity index (χ4v) is 5.65. The van der Waals surface area contributed by atoms with Gasteiger partial charge in [0.25, 0.3) is 0 Å². The molecule has 0 unspecified atom stereocenters. The average molecular weight is 466 g/mol. The standard InChI is InChI=1S/C29H23NO5/c1-16-8-13-20-22-15-21(17-6-4-3-5-7-17)24-26(25(22)29(33)35-23(20)14-16)28(32)30(27(24)31)18-9-11-19(34-2)12-10-18/h3-15,21,24-26H,1-2H3/t21-,24+,25-,26+/m1/s1. The minimum atomic E-state index is -0.850. The van der Waals surface area contributed by atoms with E-state index < -0.39 is 23.7 Å². The third-order valence-corrected chi connectivity index (χ3v) is 7.27. The van der Waals surface area contributed by atoms with Crippen LogP contribution < -0.4 is 14.4 Å². The van der Waals surface area contributed by atoms with E-state index in [0.29, 0.717) is 17.2 Å². The summed E-state index contributed by atoms with van der Waals surface area (Å²) in [5.74, 6) is -2.82. The minimum Gasteiger partial charge on any atom is -0.497 e. The molecule has 0 aromatic heterocycles. The quantitative estimate of drug-likeness (QED) is 0.323. The fourth-order valence-electron chi connectivity index (χ4n) is 5.65. The van der Waals surface area contributed by atoms with Gasteiger partial charge in [0.15, 0.2) is 0 Å². The maximum atomic E-state index is 13.9. The first-order chi connectivity index (χ1) is 17.0. The van der Waals surface area contributed by atoms with Crippen molar-refractivity contribution in [3.05, 3.63) is 95.6 Å². The number of anilines is 1. The number of ether oxygens (including phenoxy) is 2. The maximum absolute atomic E-state index is 13.9. The normalized spacial score (nSPS) is 24.8. The Bertz CT molecular complexity index is 1390. The van der Waals surface area contributed by atoms with Crippen LogP contribution in [0, 0.1) is 24.7 Å². The van der Waals surface area contributed by atoms with Crippen molar-refractivity contribution in [1.29, 1.82) is 0 Å². The molecule has 0 N–H and O–H groups in total. The summed E-state index contributed by atoms with van der Waals surface area (Å²) >= 11 is 0. The first-order valence-electron chi connectivity index (χ1n) is 11.6. The number of amides is 2. The highest BCUT2D eigenvalue weighted by molar-refractivity contribution is 6.24. The van der Waals surface area contributed by atoms with Gasteiger partial charge in [-0.3, -0.25) is 14.4 Å². The number of benzene rings is 3. The van der Waals surface area contributed by atoms with Gasteiger partial charge < -0.3 is 9.47 Å². The number of carbonyl (C=O) groups excluding carboxylic acids is 3. The molecule has 1 aliphatic carbocycles. The van der Waals surface area contributed by atoms with E-state index >= 15 is 0 Å². The molecular weight excluding hydrogens is 442 g/mol. The highest BCUT2D eigenvalue weighted by atomic mass is 16.5. The Morgan fingerprint density at radius 3 is 2.29 bits per heavy atom. The van der Waals surface area contributed by atoms with Crippen LogP contribution in [-0.4, -0.2) is 24.9 Å². The summed E-state index contributed by atoms with van der Waals surface area (Å²) in [5.41, 5.74) is 3.91. The molecule has 6 heteroatoms. The zero-order valence-corrected chi connectivity index (χ0v) is 19.3. The summed E-state index contributed by atoms with van der Waals surface area (Å²) in [7, 11) is 1.56. The third kappa shape index (κ3) is 3.21. The fraction of sp³-hybridized carbons (Fsp3) is 0.207. The number of hydrogen-bond acceptors (Lipinski definition) is 5. The molecule has 4 atom stereocenters. The molecule has 1 fully saturated rings. The Hall–Kier alpha value is -4.19. The van der Waals surface area contributed by atoms with Gasteiger partial charge in [-0.15, -0.1) is 0 Å². The molecule has 2 amide bonds. The van der Waals surface area contributed by atoms with Crippen LogP contribution in [0.15, 0.2) is 78.9 Å². The zero-order valence-electron chi connectivity index (χ0n) is 19.3. The van der Waals surface area contributed by atoms with Gasteiger partial charge in [-0.25, -0.2) is 4.90 Å². The Morgan fingerprint density at radius 1 is 0.857 bits per heavy atom. The first kappa shape index (κ1) is 21.4. The van der Waals surface area contributed by atoms with E-state index in [2.05, 4.69) is 0 Å².